The van der Waals surface area contributed by atoms with E-state index in [4.69, 9.17) is 0 Å². The molecule has 1 saturated heterocycles. The van der Waals surface area contributed by atoms with Crippen LogP contribution in [-0.2, 0) is 0 Å². The second-order valence-corrected chi connectivity index (χ2v) is 7.72. The topological polar surface area (TPSA) is 65.5 Å². The van der Waals surface area contributed by atoms with Crippen molar-refractivity contribution in [1.82, 2.24) is 9.88 Å². The number of urea groups is 1. The first kappa shape index (κ1) is 18.5. The summed E-state index contributed by atoms with van der Waals surface area (Å²) in [6, 6.07) is 9.67. The third-order valence-electron chi connectivity index (χ3n) is 5.86. The number of hydrogen-bond acceptors (Lipinski definition) is 3. The van der Waals surface area contributed by atoms with Crippen LogP contribution in [0.4, 0.5) is 16.3 Å². The summed E-state index contributed by atoms with van der Waals surface area (Å²) in [5.41, 5.74) is 3.48. The van der Waals surface area contributed by atoms with Gasteiger partial charge in [-0.3, -0.25) is 9.69 Å². The molecule has 0 bridgehead atoms. The molecule has 28 heavy (non-hydrogen) atoms. The molecule has 1 aromatic heterocycles. The van der Waals surface area contributed by atoms with Crippen LogP contribution in [0.1, 0.15) is 47.2 Å². The number of amides is 3. The van der Waals surface area contributed by atoms with E-state index in [-0.39, 0.29) is 11.9 Å². The standard InChI is InChI=1S/C22H26N4O2/c1-15-7-8-17(13-16(15)2)21(27)24-18-9-10-20(23-14-18)26-12-11-25(22(26)28)19-5-3-4-6-19/h7-10,13-14,19H,3-6,11-12H2,1-2H3,(H,24,27). The molecule has 0 unspecified atom stereocenters. The maximum atomic E-state index is 12.7. The normalized spacial score (nSPS) is 17.4. The first-order valence-corrected chi connectivity index (χ1v) is 9.96. The van der Waals surface area contributed by atoms with Crippen molar-refractivity contribution in [3.05, 3.63) is 53.2 Å². The lowest BCUT2D eigenvalue weighted by atomic mass is 10.1. The number of rotatable bonds is 4. The van der Waals surface area contributed by atoms with E-state index in [1.807, 2.05) is 36.9 Å². The Morgan fingerprint density at radius 3 is 2.54 bits per heavy atom. The highest BCUT2D eigenvalue weighted by atomic mass is 16.2. The van der Waals surface area contributed by atoms with Crippen LogP contribution in [0.3, 0.4) is 0 Å². The van der Waals surface area contributed by atoms with Gasteiger partial charge in [0.1, 0.15) is 5.82 Å². The molecular weight excluding hydrogens is 352 g/mol. The Labute approximate surface area is 165 Å². The van der Waals surface area contributed by atoms with Crippen molar-refractivity contribution in [2.45, 2.75) is 45.6 Å². The third-order valence-corrected chi connectivity index (χ3v) is 5.86. The van der Waals surface area contributed by atoms with Crippen molar-refractivity contribution in [3.8, 4) is 0 Å². The zero-order chi connectivity index (χ0) is 19.7. The van der Waals surface area contributed by atoms with Crippen molar-refractivity contribution in [2.24, 2.45) is 0 Å². The summed E-state index contributed by atoms with van der Waals surface area (Å²) in [7, 11) is 0. The highest BCUT2D eigenvalue weighted by Crippen LogP contribution is 2.28. The van der Waals surface area contributed by atoms with Gasteiger partial charge in [-0.05, 0) is 62.1 Å². The highest BCUT2D eigenvalue weighted by molar-refractivity contribution is 6.04. The maximum absolute atomic E-state index is 12.7. The van der Waals surface area contributed by atoms with Crippen LogP contribution in [-0.4, -0.2) is 41.0 Å². The number of nitrogens with zero attached hydrogens (tertiary/aromatic N) is 3. The van der Waals surface area contributed by atoms with Gasteiger partial charge in [0.15, 0.2) is 0 Å². The number of aromatic nitrogens is 1. The minimum Gasteiger partial charge on any atom is -0.321 e. The van der Waals surface area contributed by atoms with Gasteiger partial charge in [0.25, 0.3) is 5.91 Å². The number of pyridine rings is 1. The molecule has 146 valence electrons. The number of aryl methyl sites for hydroxylation is 2. The molecule has 2 aromatic rings. The van der Waals surface area contributed by atoms with E-state index in [0.717, 1.165) is 30.5 Å². The molecule has 2 aliphatic rings. The van der Waals surface area contributed by atoms with Crippen LogP contribution >= 0.6 is 0 Å². The Hall–Kier alpha value is -2.89. The first-order chi connectivity index (χ1) is 13.5. The second-order valence-electron chi connectivity index (χ2n) is 7.72. The number of nitrogens with one attached hydrogen (secondary N) is 1. The van der Waals surface area contributed by atoms with Gasteiger partial charge in [0.2, 0.25) is 0 Å². The van der Waals surface area contributed by atoms with Crippen LogP contribution in [0.2, 0.25) is 0 Å². The lowest BCUT2D eigenvalue weighted by Crippen LogP contribution is -2.38. The smallest absolute Gasteiger partial charge is 0.321 e. The predicted molar refractivity (Wildman–Crippen MR) is 110 cm³/mol. The minimum absolute atomic E-state index is 0.0475. The van der Waals surface area contributed by atoms with E-state index >= 15 is 0 Å². The molecule has 3 amide bonds. The minimum atomic E-state index is -0.165. The van der Waals surface area contributed by atoms with Crippen LogP contribution in [0.25, 0.3) is 0 Å². The number of carbonyl (C=O) groups excluding carboxylic acids is 2. The van der Waals surface area contributed by atoms with E-state index in [9.17, 15) is 9.59 Å². The zero-order valence-electron chi connectivity index (χ0n) is 16.4. The van der Waals surface area contributed by atoms with Crippen molar-refractivity contribution in [3.63, 3.8) is 0 Å². The summed E-state index contributed by atoms with van der Waals surface area (Å²) >= 11 is 0. The van der Waals surface area contributed by atoms with E-state index < -0.39 is 0 Å². The van der Waals surface area contributed by atoms with Crippen LogP contribution in [0.5, 0.6) is 0 Å². The van der Waals surface area contributed by atoms with Gasteiger partial charge in [-0.25, -0.2) is 9.78 Å². The van der Waals surface area contributed by atoms with Gasteiger partial charge in [-0.15, -0.1) is 0 Å². The van der Waals surface area contributed by atoms with Gasteiger partial charge in [-0.2, -0.15) is 0 Å². The largest absolute Gasteiger partial charge is 0.326 e. The SMILES string of the molecule is Cc1ccc(C(=O)Nc2ccc(N3CCN(C4CCCC4)C3=O)nc2)cc1C. The summed E-state index contributed by atoms with van der Waals surface area (Å²) in [6.45, 7) is 5.44. The van der Waals surface area contributed by atoms with Gasteiger partial charge in [0, 0.05) is 24.7 Å². The van der Waals surface area contributed by atoms with Crippen LogP contribution in [0.15, 0.2) is 36.5 Å². The Kier molecular flexibility index (Phi) is 5.03. The fraction of sp³-hybridized carbons (Fsp3) is 0.409. The maximum Gasteiger partial charge on any atom is 0.326 e. The summed E-state index contributed by atoms with van der Waals surface area (Å²) in [4.78, 5) is 33.3. The molecule has 4 rings (SSSR count). The molecule has 2 heterocycles. The van der Waals surface area contributed by atoms with E-state index in [0.29, 0.717) is 29.7 Å². The molecular formula is C22H26N4O2. The third kappa shape index (κ3) is 3.59. The van der Waals surface area contributed by atoms with Crippen LogP contribution in [0, 0.1) is 13.8 Å². The van der Waals surface area contributed by atoms with Gasteiger partial charge in [-0.1, -0.05) is 18.9 Å². The number of benzene rings is 1. The molecule has 1 aliphatic carbocycles. The Morgan fingerprint density at radius 1 is 1.07 bits per heavy atom. The van der Waals surface area contributed by atoms with E-state index in [2.05, 4.69) is 10.3 Å². The number of anilines is 2. The molecule has 1 N–H and O–H groups in total. The number of hydrogen-bond donors (Lipinski definition) is 1. The second kappa shape index (κ2) is 7.62. The Balaban J connectivity index is 1.42. The van der Waals surface area contributed by atoms with Gasteiger partial charge < -0.3 is 10.2 Å². The van der Waals surface area contributed by atoms with Gasteiger partial charge >= 0.3 is 6.03 Å². The lowest BCUT2D eigenvalue weighted by Gasteiger charge is -2.23. The lowest BCUT2D eigenvalue weighted by molar-refractivity contribution is 0.102. The fourth-order valence-corrected chi connectivity index (χ4v) is 4.03. The molecule has 0 atom stereocenters. The summed E-state index contributed by atoms with van der Waals surface area (Å²) < 4.78 is 0. The Bertz CT molecular complexity index is 888. The highest BCUT2D eigenvalue weighted by Gasteiger charge is 2.36. The van der Waals surface area contributed by atoms with E-state index in [1.165, 1.54) is 12.8 Å². The quantitative estimate of drug-likeness (QED) is 0.870. The van der Waals surface area contributed by atoms with Crippen LogP contribution < -0.4 is 10.2 Å². The predicted octanol–water partition coefficient (Wildman–Crippen LogP) is 4.14. The Morgan fingerprint density at radius 2 is 1.86 bits per heavy atom. The molecule has 1 aliphatic heterocycles. The van der Waals surface area contributed by atoms with E-state index in [1.54, 1.807) is 23.2 Å². The van der Waals surface area contributed by atoms with Crippen molar-refractivity contribution in [1.29, 1.82) is 0 Å². The van der Waals surface area contributed by atoms with Crippen molar-refractivity contribution >= 4 is 23.4 Å². The molecule has 0 spiro atoms. The summed E-state index contributed by atoms with van der Waals surface area (Å²) in [6.07, 6.45) is 6.25. The summed E-state index contributed by atoms with van der Waals surface area (Å²) in [5.74, 6) is 0.469. The molecule has 0 radical (unpaired) electrons. The van der Waals surface area contributed by atoms with Gasteiger partial charge in [0.05, 0.1) is 11.9 Å². The monoisotopic (exact) mass is 378 g/mol. The molecule has 6 nitrogen and oxygen atoms in total. The fourth-order valence-electron chi connectivity index (χ4n) is 4.03. The molecule has 6 heteroatoms. The molecule has 1 saturated carbocycles. The van der Waals surface area contributed by atoms with Crippen molar-refractivity contribution in [2.75, 3.05) is 23.3 Å². The molecule has 2 fully saturated rings. The molecule has 1 aromatic carbocycles. The van der Waals surface area contributed by atoms with Crippen molar-refractivity contribution < 1.29 is 9.59 Å². The average molecular weight is 378 g/mol. The first-order valence-electron chi connectivity index (χ1n) is 9.96. The number of carbonyl (C=O) groups is 2. The summed E-state index contributed by atoms with van der Waals surface area (Å²) in [5, 5.41) is 2.87. The zero-order valence-corrected chi connectivity index (χ0v) is 16.4. The average Bonchev–Trinajstić information content (AvgIpc) is 3.34.